The summed E-state index contributed by atoms with van der Waals surface area (Å²) in [6.07, 6.45) is 0.506. The van der Waals surface area contributed by atoms with Gasteiger partial charge in [0.25, 0.3) is 0 Å². The van der Waals surface area contributed by atoms with Crippen molar-refractivity contribution in [3.63, 3.8) is 0 Å². The Labute approximate surface area is 151 Å². The van der Waals surface area contributed by atoms with E-state index in [2.05, 4.69) is 40.9 Å². The van der Waals surface area contributed by atoms with Crippen LogP contribution in [0.5, 0.6) is 0 Å². The minimum atomic E-state index is -0.0627. The number of nitrogens with zero attached hydrogens (tertiary/aromatic N) is 1. The smallest absolute Gasteiger partial charge is 0.220 e. The second kappa shape index (κ2) is 9.71. The number of hydrogen-bond acceptors (Lipinski definition) is 5. The maximum absolute atomic E-state index is 12.1. The highest BCUT2D eigenvalue weighted by Gasteiger charge is 2.19. The van der Waals surface area contributed by atoms with Gasteiger partial charge in [0.15, 0.2) is 5.78 Å². The number of amides is 1. The number of rotatable bonds is 10. The van der Waals surface area contributed by atoms with Gasteiger partial charge in [0.05, 0.1) is 10.9 Å². The highest BCUT2D eigenvalue weighted by Crippen LogP contribution is 2.22. The zero-order valence-electron chi connectivity index (χ0n) is 14.2. The second-order valence-corrected chi connectivity index (χ2v) is 7.23. The molecule has 130 valence electrons. The number of carbonyl (C=O) groups excluding carboxylic acids is 2. The molecule has 0 aliphatic rings. The third kappa shape index (κ3) is 5.26. The van der Waals surface area contributed by atoms with Gasteiger partial charge in [-0.1, -0.05) is 19.9 Å². The van der Waals surface area contributed by atoms with Gasteiger partial charge in [-0.3, -0.25) is 14.5 Å². The number of ketones is 1. The van der Waals surface area contributed by atoms with E-state index in [4.69, 9.17) is 0 Å². The van der Waals surface area contributed by atoms with E-state index in [0.717, 1.165) is 18.0 Å². The van der Waals surface area contributed by atoms with E-state index in [-0.39, 0.29) is 30.6 Å². The summed E-state index contributed by atoms with van der Waals surface area (Å²) in [5, 5.41) is 9.07. The highest BCUT2D eigenvalue weighted by molar-refractivity contribution is 7.12. The SMILES string of the molecule is CCN(CC)[C@@H](CNC(=O)CCC(=O)c1cccs1)c1ccsc1. The molecule has 0 saturated heterocycles. The van der Waals surface area contributed by atoms with Crippen LogP contribution >= 0.6 is 22.7 Å². The van der Waals surface area contributed by atoms with Gasteiger partial charge >= 0.3 is 0 Å². The molecule has 24 heavy (non-hydrogen) atoms. The molecule has 0 radical (unpaired) electrons. The van der Waals surface area contributed by atoms with Crippen LogP contribution in [0, 0.1) is 0 Å². The van der Waals surface area contributed by atoms with Gasteiger partial charge in [-0.05, 0) is 46.9 Å². The first kappa shape index (κ1) is 18.8. The van der Waals surface area contributed by atoms with Crippen LogP contribution in [-0.4, -0.2) is 36.2 Å². The fourth-order valence-corrected chi connectivity index (χ4v) is 4.07. The molecule has 2 rings (SSSR count). The van der Waals surface area contributed by atoms with Gasteiger partial charge < -0.3 is 5.32 Å². The average molecular weight is 365 g/mol. The monoisotopic (exact) mass is 364 g/mol. The molecule has 4 nitrogen and oxygen atoms in total. The van der Waals surface area contributed by atoms with Gasteiger partial charge in [0.2, 0.25) is 5.91 Å². The van der Waals surface area contributed by atoms with Crippen molar-refractivity contribution in [1.29, 1.82) is 0 Å². The Kier molecular flexibility index (Phi) is 7.62. The molecule has 0 aromatic carbocycles. The molecule has 0 aliphatic heterocycles. The van der Waals surface area contributed by atoms with Crippen LogP contribution in [0.3, 0.4) is 0 Å². The van der Waals surface area contributed by atoms with E-state index in [1.54, 1.807) is 17.4 Å². The number of hydrogen-bond donors (Lipinski definition) is 1. The van der Waals surface area contributed by atoms with Crippen molar-refractivity contribution in [2.24, 2.45) is 0 Å². The predicted octanol–water partition coefficient (Wildman–Crippen LogP) is 3.97. The fraction of sp³-hybridized carbons (Fsp3) is 0.444. The minimum absolute atomic E-state index is 0.0401. The fourth-order valence-electron chi connectivity index (χ4n) is 2.67. The molecular weight excluding hydrogens is 340 g/mol. The largest absolute Gasteiger partial charge is 0.354 e. The first-order valence-electron chi connectivity index (χ1n) is 8.25. The van der Waals surface area contributed by atoms with Crippen LogP contribution in [0.2, 0.25) is 0 Å². The summed E-state index contributed by atoms with van der Waals surface area (Å²) in [4.78, 5) is 27.1. The third-order valence-corrected chi connectivity index (χ3v) is 5.66. The van der Waals surface area contributed by atoms with Crippen LogP contribution in [-0.2, 0) is 4.79 Å². The Morgan fingerprint density at radius 2 is 1.96 bits per heavy atom. The van der Waals surface area contributed by atoms with Crippen molar-refractivity contribution in [2.75, 3.05) is 19.6 Å². The number of likely N-dealkylation sites (N-methyl/N-ethyl adjacent to an activating group) is 1. The van der Waals surface area contributed by atoms with Crippen LogP contribution in [0.25, 0.3) is 0 Å². The van der Waals surface area contributed by atoms with Crippen LogP contribution < -0.4 is 5.32 Å². The Balaban J connectivity index is 1.84. The minimum Gasteiger partial charge on any atom is -0.354 e. The lowest BCUT2D eigenvalue weighted by Crippen LogP contribution is -2.38. The average Bonchev–Trinajstić information content (AvgIpc) is 3.29. The van der Waals surface area contributed by atoms with E-state index in [0.29, 0.717) is 6.54 Å². The molecule has 0 fully saturated rings. The highest BCUT2D eigenvalue weighted by atomic mass is 32.1. The molecule has 2 aromatic rings. The van der Waals surface area contributed by atoms with Gasteiger partial charge in [-0.25, -0.2) is 0 Å². The van der Waals surface area contributed by atoms with Crippen LogP contribution in [0.1, 0.15) is 48.0 Å². The summed E-state index contributed by atoms with van der Waals surface area (Å²) < 4.78 is 0. The van der Waals surface area contributed by atoms with E-state index in [1.165, 1.54) is 16.9 Å². The lowest BCUT2D eigenvalue weighted by atomic mass is 10.1. The quantitative estimate of drug-likeness (QED) is 0.649. The van der Waals surface area contributed by atoms with Crippen molar-refractivity contribution in [3.05, 3.63) is 44.8 Å². The summed E-state index contributed by atoms with van der Waals surface area (Å²) in [7, 11) is 0. The van der Waals surface area contributed by atoms with Crippen LogP contribution in [0.15, 0.2) is 34.3 Å². The van der Waals surface area contributed by atoms with Gasteiger partial charge in [-0.15, -0.1) is 11.3 Å². The lowest BCUT2D eigenvalue weighted by Gasteiger charge is -2.29. The summed E-state index contributed by atoms with van der Waals surface area (Å²) >= 11 is 3.09. The maximum Gasteiger partial charge on any atom is 0.220 e. The Bertz CT molecular complexity index is 620. The topological polar surface area (TPSA) is 49.4 Å². The molecule has 1 amide bonds. The molecule has 0 unspecified atom stereocenters. The van der Waals surface area contributed by atoms with Gasteiger partial charge in [0.1, 0.15) is 0 Å². The first-order chi connectivity index (χ1) is 11.7. The van der Waals surface area contributed by atoms with Crippen molar-refractivity contribution in [3.8, 4) is 0 Å². The number of thiophene rings is 2. The van der Waals surface area contributed by atoms with E-state index >= 15 is 0 Å². The van der Waals surface area contributed by atoms with E-state index in [9.17, 15) is 9.59 Å². The van der Waals surface area contributed by atoms with Crippen molar-refractivity contribution >= 4 is 34.4 Å². The summed E-state index contributed by atoms with van der Waals surface area (Å²) in [6, 6.07) is 5.95. The first-order valence-corrected chi connectivity index (χ1v) is 10.1. The zero-order valence-corrected chi connectivity index (χ0v) is 15.8. The van der Waals surface area contributed by atoms with E-state index in [1.807, 2.05) is 11.4 Å². The van der Waals surface area contributed by atoms with Gasteiger partial charge in [0, 0.05) is 19.4 Å². The molecule has 1 N–H and O–H groups in total. The lowest BCUT2D eigenvalue weighted by molar-refractivity contribution is -0.121. The summed E-state index contributed by atoms with van der Waals surface area (Å²) in [6.45, 7) is 6.70. The predicted molar refractivity (Wildman–Crippen MR) is 101 cm³/mol. The van der Waals surface area contributed by atoms with Gasteiger partial charge in [-0.2, -0.15) is 11.3 Å². The number of Topliss-reactive ketones (excluding diaryl/α,β-unsaturated/α-hetero) is 1. The zero-order chi connectivity index (χ0) is 17.4. The Morgan fingerprint density at radius 1 is 1.17 bits per heavy atom. The molecule has 0 saturated carbocycles. The molecule has 1 atom stereocenters. The van der Waals surface area contributed by atoms with E-state index < -0.39 is 0 Å². The normalized spacial score (nSPS) is 12.3. The number of carbonyl (C=O) groups is 2. The molecule has 0 aliphatic carbocycles. The second-order valence-electron chi connectivity index (χ2n) is 5.50. The maximum atomic E-state index is 12.1. The summed E-state index contributed by atoms with van der Waals surface area (Å²) in [5.74, 6) is -0.0226. The van der Waals surface area contributed by atoms with Crippen molar-refractivity contribution < 1.29 is 9.59 Å². The molecule has 2 aromatic heterocycles. The van der Waals surface area contributed by atoms with Crippen molar-refractivity contribution in [1.82, 2.24) is 10.2 Å². The molecular formula is C18H24N2O2S2. The number of nitrogens with one attached hydrogen (secondary N) is 1. The molecule has 0 bridgehead atoms. The Hall–Kier alpha value is -1.50. The van der Waals surface area contributed by atoms with Crippen LogP contribution in [0.4, 0.5) is 0 Å². The molecule has 6 heteroatoms. The summed E-state index contributed by atoms with van der Waals surface area (Å²) in [5.41, 5.74) is 1.23. The third-order valence-electron chi connectivity index (χ3n) is 4.05. The Morgan fingerprint density at radius 3 is 2.54 bits per heavy atom. The molecule has 0 spiro atoms. The molecule has 2 heterocycles. The standard InChI is InChI=1S/C18H24N2O2S2/c1-3-20(4-2)15(14-9-11-23-13-14)12-19-18(22)8-7-16(21)17-6-5-10-24-17/h5-6,9-11,13,15H,3-4,7-8,12H2,1-2H3,(H,19,22)/t15-/m0/s1. The van der Waals surface area contributed by atoms with Crippen molar-refractivity contribution in [2.45, 2.75) is 32.7 Å².